The molecule has 0 bridgehead atoms. The fourth-order valence-electron chi connectivity index (χ4n) is 3.34. The number of nitrogens with zero attached hydrogens (tertiary/aromatic N) is 4. The number of furan rings is 1. The SMILES string of the molecule is Cc1oc2ncnc(NC3(C)CC3)c2c1C(=O)NCc1ncc(C2CC2)cn1. The first-order chi connectivity index (χ1) is 13.5. The van der Waals surface area contributed by atoms with Crippen LogP contribution in [-0.2, 0) is 6.54 Å². The molecule has 2 aliphatic carbocycles. The number of fused-ring (bicyclic) bond motifs is 1. The molecule has 3 heterocycles. The Morgan fingerprint density at radius 3 is 2.64 bits per heavy atom. The van der Waals surface area contributed by atoms with E-state index in [2.05, 4.69) is 37.5 Å². The Morgan fingerprint density at radius 2 is 1.96 bits per heavy atom. The fraction of sp³-hybridized carbons (Fsp3) is 0.450. The van der Waals surface area contributed by atoms with Crippen molar-refractivity contribution < 1.29 is 9.21 Å². The molecule has 0 unspecified atom stereocenters. The topological polar surface area (TPSA) is 106 Å². The van der Waals surface area contributed by atoms with Crippen LogP contribution in [0.15, 0.2) is 23.1 Å². The van der Waals surface area contributed by atoms with Gasteiger partial charge in [-0.2, -0.15) is 0 Å². The highest BCUT2D eigenvalue weighted by Crippen LogP contribution is 2.40. The third kappa shape index (κ3) is 3.19. The van der Waals surface area contributed by atoms with E-state index in [1.807, 2.05) is 12.4 Å². The average molecular weight is 378 g/mol. The van der Waals surface area contributed by atoms with E-state index in [1.54, 1.807) is 6.92 Å². The average Bonchev–Trinajstić information content (AvgIpc) is 3.60. The third-order valence-electron chi connectivity index (χ3n) is 5.49. The lowest BCUT2D eigenvalue weighted by atomic mass is 10.1. The van der Waals surface area contributed by atoms with Crippen molar-refractivity contribution >= 4 is 22.8 Å². The highest BCUT2D eigenvalue weighted by atomic mass is 16.3. The van der Waals surface area contributed by atoms with Crippen LogP contribution in [-0.4, -0.2) is 31.4 Å². The number of amides is 1. The molecule has 0 saturated heterocycles. The van der Waals surface area contributed by atoms with Crippen molar-refractivity contribution in [3.8, 4) is 0 Å². The van der Waals surface area contributed by atoms with Gasteiger partial charge in [-0.1, -0.05) is 0 Å². The number of nitrogens with one attached hydrogen (secondary N) is 2. The van der Waals surface area contributed by atoms with Crippen LogP contribution in [0, 0.1) is 6.92 Å². The molecule has 0 spiro atoms. The van der Waals surface area contributed by atoms with E-state index in [4.69, 9.17) is 4.42 Å². The molecule has 2 N–H and O–H groups in total. The van der Waals surface area contributed by atoms with Crippen molar-refractivity contribution in [1.29, 1.82) is 0 Å². The number of aryl methyl sites for hydroxylation is 1. The van der Waals surface area contributed by atoms with Crippen LogP contribution in [0.25, 0.3) is 11.1 Å². The van der Waals surface area contributed by atoms with Crippen molar-refractivity contribution in [2.75, 3.05) is 5.32 Å². The maximum Gasteiger partial charge on any atom is 0.256 e. The van der Waals surface area contributed by atoms with Gasteiger partial charge >= 0.3 is 0 Å². The van der Waals surface area contributed by atoms with Gasteiger partial charge in [-0.15, -0.1) is 0 Å². The summed E-state index contributed by atoms with van der Waals surface area (Å²) in [5, 5.41) is 6.94. The number of hydrogen-bond donors (Lipinski definition) is 2. The maximum atomic E-state index is 12.9. The molecule has 3 aromatic heterocycles. The molecule has 28 heavy (non-hydrogen) atoms. The molecule has 2 fully saturated rings. The van der Waals surface area contributed by atoms with Gasteiger partial charge in [-0.3, -0.25) is 4.79 Å². The molecule has 5 rings (SSSR count). The van der Waals surface area contributed by atoms with Gasteiger partial charge in [0.05, 0.1) is 17.5 Å². The van der Waals surface area contributed by atoms with Gasteiger partial charge in [0.15, 0.2) is 0 Å². The Kier molecular flexibility index (Phi) is 3.82. The highest BCUT2D eigenvalue weighted by Gasteiger charge is 2.38. The zero-order chi connectivity index (χ0) is 19.3. The van der Waals surface area contributed by atoms with E-state index in [0.29, 0.717) is 40.0 Å². The van der Waals surface area contributed by atoms with Crippen LogP contribution in [0.5, 0.6) is 0 Å². The van der Waals surface area contributed by atoms with Crippen LogP contribution in [0.4, 0.5) is 5.82 Å². The van der Waals surface area contributed by atoms with Gasteiger partial charge in [0.1, 0.15) is 23.7 Å². The fourth-order valence-corrected chi connectivity index (χ4v) is 3.34. The number of hydrogen-bond acceptors (Lipinski definition) is 7. The molecule has 144 valence electrons. The molecule has 0 aliphatic heterocycles. The Bertz CT molecular complexity index is 1050. The summed E-state index contributed by atoms with van der Waals surface area (Å²) in [5.41, 5.74) is 2.07. The minimum Gasteiger partial charge on any atom is -0.442 e. The molecule has 2 saturated carbocycles. The predicted molar refractivity (Wildman–Crippen MR) is 103 cm³/mol. The molecule has 8 heteroatoms. The van der Waals surface area contributed by atoms with E-state index >= 15 is 0 Å². The molecule has 1 amide bonds. The largest absolute Gasteiger partial charge is 0.442 e. The zero-order valence-corrected chi connectivity index (χ0v) is 16.0. The molecule has 0 aromatic carbocycles. The number of rotatable bonds is 6. The summed E-state index contributed by atoms with van der Waals surface area (Å²) in [4.78, 5) is 30.2. The van der Waals surface area contributed by atoms with Crippen molar-refractivity contribution in [3.05, 3.63) is 41.4 Å². The second kappa shape index (κ2) is 6.25. The lowest BCUT2D eigenvalue weighted by Gasteiger charge is -2.13. The first kappa shape index (κ1) is 17.1. The molecule has 8 nitrogen and oxygen atoms in total. The normalized spacial score (nSPS) is 17.5. The van der Waals surface area contributed by atoms with E-state index < -0.39 is 0 Å². The summed E-state index contributed by atoms with van der Waals surface area (Å²) >= 11 is 0. The number of carbonyl (C=O) groups excluding carboxylic acids is 1. The van der Waals surface area contributed by atoms with Crippen molar-refractivity contribution in [3.63, 3.8) is 0 Å². The van der Waals surface area contributed by atoms with Crippen LogP contribution >= 0.6 is 0 Å². The first-order valence-corrected chi connectivity index (χ1v) is 9.64. The third-order valence-corrected chi connectivity index (χ3v) is 5.49. The number of anilines is 1. The lowest BCUT2D eigenvalue weighted by Crippen LogP contribution is -2.25. The molecule has 0 atom stereocenters. The second-order valence-corrected chi connectivity index (χ2v) is 8.01. The van der Waals surface area contributed by atoms with E-state index in [1.165, 1.54) is 24.7 Å². The molecule has 0 radical (unpaired) electrons. The quantitative estimate of drug-likeness (QED) is 0.679. The van der Waals surface area contributed by atoms with Gasteiger partial charge in [-0.25, -0.2) is 19.9 Å². The van der Waals surface area contributed by atoms with E-state index in [9.17, 15) is 4.79 Å². The molecular weight excluding hydrogens is 356 g/mol. The molecular formula is C20H22N6O2. The predicted octanol–water partition coefficient (Wildman–Crippen LogP) is 3.09. The minimum atomic E-state index is -0.245. The first-order valence-electron chi connectivity index (χ1n) is 9.64. The van der Waals surface area contributed by atoms with Crippen molar-refractivity contribution in [1.82, 2.24) is 25.3 Å². The van der Waals surface area contributed by atoms with Crippen LogP contribution in [0.2, 0.25) is 0 Å². The van der Waals surface area contributed by atoms with E-state index in [-0.39, 0.29) is 18.0 Å². The summed E-state index contributed by atoms with van der Waals surface area (Å²) in [5.74, 6) is 2.11. The van der Waals surface area contributed by atoms with Crippen LogP contribution < -0.4 is 10.6 Å². The van der Waals surface area contributed by atoms with Crippen molar-refractivity contribution in [2.45, 2.75) is 57.5 Å². The van der Waals surface area contributed by atoms with Gasteiger partial charge in [0, 0.05) is 17.9 Å². The summed E-state index contributed by atoms with van der Waals surface area (Å²) in [7, 11) is 0. The Labute approximate surface area is 162 Å². The summed E-state index contributed by atoms with van der Waals surface area (Å²) in [6.07, 6.45) is 9.74. The van der Waals surface area contributed by atoms with Gasteiger partial charge in [0.2, 0.25) is 5.71 Å². The summed E-state index contributed by atoms with van der Waals surface area (Å²) in [6, 6.07) is 0. The standard InChI is InChI=1S/C20H22N6O2/c1-11-15(16-17(26-20(2)5-6-20)24-10-25-19(16)28-11)18(27)23-9-14-21-7-13(8-22-14)12-3-4-12/h7-8,10,12H,3-6,9H2,1-2H3,(H,23,27)(H,24,25,26). The molecule has 3 aromatic rings. The van der Waals surface area contributed by atoms with E-state index in [0.717, 1.165) is 12.8 Å². The Hall–Kier alpha value is -3.03. The van der Waals surface area contributed by atoms with Crippen LogP contribution in [0.3, 0.4) is 0 Å². The highest BCUT2D eigenvalue weighted by molar-refractivity contribution is 6.10. The van der Waals surface area contributed by atoms with Gasteiger partial charge in [-0.05, 0) is 51.0 Å². The minimum absolute atomic E-state index is 0.0251. The Morgan fingerprint density at radius 1 is 1.21 bits per heavy atom. The monoisotopic (exact) mass is 378 g/mol. The number of aromatic nitrogens is 4. The molecule has 2 aliphatic rings. The zero-order valence-electron chi connectivity index (χ0n) is 16.0. The number of carbonyl (C=O) groups is 1. The van der Waals surface area contributed by atoms with Gasteiger partial charge < -0.3 is 15.1 Å². The summed E-state index contributed by atoms with van der Waals surface area (Å²) < 4.78 is 5.71. The lowest BCUT2D eigenvalue weighted by molar-refractivity contribution is 0.0949. The summed E-state index contributed by atoms with van der Waals surface area (Å²) in [6.45, 7) is 4.15. The second-order valence-electron chi connectivity index (χ2n) is 8.01. The maximum absolute atomic E-state index is 12.9. The Balaban J connectivity index is 1.38. The smallest absolute Gasteiger partial charge is 0.256 e. The van der Waals surface area contributed by atoms with Crippen molar-refractivity contribution in [2.24, 2.45) is 0 Å². The van der Waals surface area contributed by atoms with Crippen LogP contribution in [0.1, 0.15) is 66.0 Å². The van der Waals surface area contributed by atoms with Gasteiger partial charge in [0.25, 0.3) is 5.91 Å².